The van der Waals surface area contributed by atoms with Gasteiger partial charge in [0.1, 0.15) is 22.5 Å². The number of carbonyl (C=O) groups excluding carboxylic acids is 1. The molecule has 0 aliphatic rings. The van der Waals surface area contributed by atoms with Crippen LogP contribution in [-0.4, -0.2) is 17.9 Å². The fourth-order valence-corrected chi connectivity index (χ4v) is 5.04. The monoisotopic (exact) mass is 502 g/mol. The molecule has 0 unspecified atom stereocenters. The molecule has 3 rings (SSSR count). The predicted octanol–water partition coefficient (Wildman–Crippen LogP) is 7.10. The molecule has 0 saturated heterocycles. The molecule has 0 saturated carbocycles. The molecule has 0 amide bonds. The number of ketones is 1. The zero-order valence-corrected chi connectivity index (χ0v) is 20.3. The average molecular weight is 503 g/mol. The Morgan fingerprint density at radius 1 is 1.26 bits per heavy atom. The summed E-state index contributed by atoms with van der Waals surface area (Å²) in [6, 6.07) is 11.9. The number of pyridine rings is 1. The van der Waals surface area contributed by atoms with E-state index in [0.717, 1.165) is 34.7 Å². The minimum Gasteiger partial charge on any atom is -0.496 e. The highest BCUT2D eigenvalue weighted by molar-refractivity contribution is 7.98. The molecule has 0 bridgehead atoms. The predicted molar refractivity (Wildman–Crippen MR) is 128 cm³/mol. The number of benzene rings is 1. The Labute approximate surface area is 204 Å². The minimum atomic E-state index is -4.61. The molecule has 176 valence electrons. The fraction of sp³-hybridized carbons (Fsp3) is 0.240. The normalized spacial score (nSPS) is 11.6. The second-order valence-electron chi connectivity index (χ2n) is 7.29. The summed E-state index contributed by atoms with van der Waals surface area (Å²) in [6.07, 6.45) is -0.553. The van der Waals surface area contributed by atoms with Gasteiger partial charge in [0.25, 0.3) is 0 Å². The minimum absolute atomic E-state index is 0.0115. The molecular weight excluding hydrogens is 481 g/mol. The van der Waals surface area contributed by atoms with Crippen LogP contribution in [0, 0.1) is 18.3 Å². The van der Waals surface area contributed by atoms with E-state index in [1.165, 1.54) is 31.4 Å². The van der Waals surface area contributed by atoms with E-state index in [9.17, 15) is 23.2 Å². The molecule has 0 spiro atoms. The topological polar surface area (TPSA) is 63.0 Å². The smallest absolute Gasteiger partial charge is 0.433 e. The first-order chi connectivity index (χ1) is 16.2. The van der Waals surface area contributed by atoms with Gasteiger partial charge in [-0.3, -0.25) is 4.79 Å². The van der Waals surface area contributed by atoms with Crippen molar-refractivity contribution in [1.29, 1.82) is 5.26 Å². The first-order valence-electron chi connectivity index (χ1n) is 10.3. The summed E-state index contributed by atoms with van der Waals surface area (Å²) < 4.78 is 45.0. The molecule has 2 heterocycles. The van der Waals surface area contributed by atoms with E-state index in [2.05, 4.69) is 4.98 Å². The molecule has 0 radical (unpaired) electrons. The Bertz CT molecular complexity index is 1270. The third-order valence-electron chi connectivity index (χ3n) is 4.93. The molecule has 0 atom stereocenters. The highest BCUT2D eigenvalue weighted by Gasteiger charge is 2.34. The number of methoxy groups -OCH3 is 1. The van der Waals surface area contributed by atoms with Gasteiger partial charge >= 0.3 is 6.18 Å². The van der Waals surface area contributed by atoms with E-state index in [4.69, 9.17) is 4.74 Å². The maximum absolute atomic E-state index is 13.2. The molecule has 1 aromatic carbocycles. The van der Waals surface area contributed by atoms with Crippen molar-refractivity contribution in [3.8, 4) is 11.8 Å². The van der Waals surface area contributed by atoms with Gasteiger partial charge in [-0.1, -0.05) is 19.1 Å². The SMILES string of the molecule is CCc1ccc(C(=O)/C=C/c2ccc(OC)c(CSc3nc(C(F)(F)F)cc(C)c3C#N)c2)s1. The van der Waals surface area contributed by atoms with Crippen molar-refractivity contribution < 1.29 is 22.7 Å². The third-order valence-corrected chi connectivity index (χ3v) is 7.20. The highest BCUT2D eigenvalue weighted by atomic mass is 32.2. The van der Waals surface area contributed by atoms with E-state index in [1.807, 2.05) is 25.1 Å². The van der Waals surface area contributed by atoms with Gasteiger partial charge in [-0.05, 0) is 60.9 Å². The van der Waals surface area contributed by atoms with E-state index in [-0.39, 0.29) is 27.7 Å². The lowest BCUT2D eigenvalue weighted by molar-refractivity contribution is -0.141. The molecule has 2 aromatic heterocycles. The van der Waals surface area contributed by atoms with Gasteiger partial charge in [0.2, 0.25) is 0 Å². The van der Waals surface area contributed by atoms with Crippen LogP contribution >= 0.6 is 23.1 Å². The summed E-state index contributed by atoms with van der Waals surface area (Å²) >= 11 is 2.49. The Morgan fingerprint density at radius 2 is 2.03 bits per heavy atom. The van der Waals surface area contributed by atoms with Gasteiger partial charge in [0.05, 0.1) is 17.6 Å². The Kier molecular flexibility index (Phi) is 8.18. The molecular formula is C25H21F3N2O2S2. The van der Waals surface area contributed by atoms with Crippen molar-refractivity contribution in [2.45, 2.75) is 37.2 Å². The number of thioether (sulfide) groups is 1. The number of thiophene rings is 1. The molecule has 0 N–H and O–H groups in total. The number of alkyl halides is 3. The van der Waals surface area contributed by atoms with Crippen molar-refractivity contribution >= 4 is 35.0 Å². The summed E-state index contributed by atoms with van der Waals surface area (Å²) in [5.41, 5.74) is 0.738. The summed E-state index contributed by atoms with van der Waals surface area (Å²) in [7, 11) is 1.50. The second kappa shape index (κ2) is 10.9. The fourth-order valence-electron chi connectivity index (χ4n) is 3.14. The van der Waals surface area contributed by atoms with Crippen LogP contribution in [0.1, 0.15) is 49.4 Å². The zero-order chi connectivity index (χ0) is 24.9. The molecule has 4 nitrogen and oxygen atoms in total. The first kappa shape index (κ1) is 25.5. The zero-order valence-electron chi connectivity index (χ0n) is 18.7. The van der Waals surface area contributed by atoms with E-state index in [0.29, 0.717) is 16.2 Å². The molecule has 0 aliphatic heterocycles. The molecule has 9 heteroatoms. The number of carbonyl (C=O) groups is 1. The Balaban J connectivity index is 1.84. The van der Waals surface area contributed by atoms with E-state index < -0.39 is 11.9 Å². The molecule has 3 aromatic rings. The van der Waals surface area contributed by atoms with Gasteiger partial charge in [-0.15, -0.1) is 23.1 Å². The van der Waals surface area contributed by atoms with E-state index in [1.54, 1.807) is 24.3 Å². The van der Waals surface area contributed by atoms with Gasteiger partial charge in [-0.2, -0.15) is 18.4 Å². The number of allylic oxidation sites excluding steroid dienone is 1. The number of hydrogen-bond acceptors (Lipinski definition) is 6. The number of halogens is 3. The lowest BCUT2D eigenvalue weighted by Crippen LogP contribution is -2.10. The van der Waals surface area contributed by atoms with Crippen LogP contribution in [0.2, 0.25) is 0 Å². The average Bonchev–Trinajstić information content (AvgIpc) is 3.30. The van der Waals surface area contributed by atoms with Crippen LogP contribution in [0.3, 0.4) is 0 Å². The van der Waals surface area contributed by atoms with Crippen LogP contribution in [0.15, 0.2) is 47.5 Å². The largest absolute Gasteiger partial charge is 0.496 e. The van der Waals surface area contributed by atoms with Crippen molar-refractivity contribution in [3.63, 3.8) is 0 Å². The van der Waals surface area contributed by atoms with Crippen molar-refractivity contribution in [2.75, 3.05) is 7.11 Å². The number of ether oxygens (including phenoxy) is 1. The van der Waals surface area contributed by atoms with Crippen LogP contribution in [-0.2, 0) is 18.3 Å². The van der Waals surface area contributed by atoms with Gasteiger partial charge in [0.15, 0.2) is 5.78 Å². The summed E-state index contributed by atoms with van der Waals surface area (Å²) in [4.78, 5) is 17.9. The lowest BCUT2D eigenvalue weighted by atomic mass is 10.1. The number of aromatic nitrogens is 1. The number of hydrogen-bond donors (Lipinski definition) is 0. The van der Waals surface area contributed by atoms with Gasteiger partial charge in [-0.25, -0.2) is 4.98 Å². The maximum Gasteiger partial charge on any atom is 0.433 e. The Hall–Kier alpha value is -3.09. The lowest BCUT2D eigenvalue weighted by Gasteiger charge is -2.13. The number of aryl methyl sites for hydroxylation is 2. The van der Waals surface area contributed by atoms with Crippen LogP contribution in [0.5, 0.6) is 5.75 Å². The third kappa shape index (κ3) is 6.07. The highest BCUT2D eigenvalue weighted by Crippen LogP contribution is 2.35. The standard InChI is InChI=1S/C25H21F3N2O2S2/c1-4-18-7-10-22(34-18)20(31)8-5-16-6-9-21(32-3)17(12-16)14-33-24-19(13-29)15(2)11-23(30-24)25(26,27)28/h5-12H,4,14H2,1-3H3/b8-5+. The van der Waals surface area contributed by atoms with Crippen LogP contribution in [0.25, 0.3) is 6.08 Å². The van der Waals surface area contributed by atoms with E-state index >= 15 is 0 Å². The molecule has 0 aliphatic carbocycles. The van der Waals surface area contributed by atoms with Crippen LogP contribution in [0.4, 0.5) is 13.2 Å². The van der Waals surface area contributed by atoms with Gasteiger partial charge in [0, 0.05) is 16.2 Å². The Morgan fingerprint density at radius 3 is 2.65 bits per heavy atom. The van der Waals surface area contributed by atoms with Gasteiger partial charge < -0.3 is 4.74 Å². The maximum atomic E-state index is 13.2. The van der Waals surface area contributed by atoms with Crippen LogP contribution < -0.4 is 4.74 Å². The second-order valence-corrected chi connectivity index (χ2v) is 9.42. The summed E-state index contributed by atoms with van der Waals surface area (Å²) in [6.45, 7) is 3.49. The number of nitrogens with zero attached hydrogens (tertiary/aromatic N) is 2. The van der Waals surface area contributed by atoms with Crippen molar-refractivity contribution in [1.82, 2.24) is 4.98 Å². The molecule has 34 heavy (non-hydrogen) atoms. The quantitative estimate of drug-likeness (QED) is 0.187. The number of rotatable bonds is 8. The van der Waals surface area contributed by atoms with Crippen molar-refractivity contribution in [3.05, 3.63) is 80.2 Å². The first-order valence-corrected chi connectivity index (χ1v) is 12.1. The summed E-state index contributed by atoms with van der Waals surface area (Å²) in [5.74, 6) is 0.675. The number of nitriles is 1. The summed E-state index contributed by atoms with van der Waals surface area (Å²) in [5, 5.41) is 9.43. The molecule has 0 fully saturated rings. The van der Waals surface area contributed by atoms with Crippen molar-refractivity contribution in [2.24, 2.45) is 0 Å².